The van der Waals surface area contributed by atoms with Crippen molar-refractivity contribution in [2.24, 2.45) is 10.4 Å². The Morgan fingerprint density at radius 2 is 1.81 bits per heavy atom. The summed E-state index contributed by atoms with van der Waals surface area (Å²) in [6.07, 6.45) is 3.71. The van der Waals surface area contributed by atoms with E-state index in [2.05, 4.69) is 4.99 Å². The van der Waals surface area contributed by atoms with E-state index in [-0.39, 0.29) is 23.4 Å². The molecule has 0 aromatic heterocycles. The van der Waals surface area contributed by atoms with Gasteiger partial charge in [-0.25, -0.2) is 0 Å². The quantitative estimate of drug-likeness (QED) is 0.494. The fourth-order valence-corrected chi connectivity index (χ4v) is 3.41. The van der Waals surface area contributed by atoms with Crippen LogP contribution in [0.4, 0.5) is 0 Å². The van der Waals surface area contributed by atoms with E-state index < -0.39 is 5.97 Å². The van der Waals surface area contributed by atoms with E-state index in [1.54, 1.807) is 0 Å². The highest BCUT2D eigenvalue weighted by Gasteiger charge is 2.34. The molecule has 1 aliphatic rings. The van der Waals surface area contributed by atoms with Crippen molar-refractivity contribution in [1.82, 2.24) is 0 Å². The number of aliphatic carboxylic acids is 1. The van der Waals surface area contributed by atoms with Crippen LogP contribution < -0.4 is 0 Å². The number of hydrogen-bond acceptors (Lipinski definition) is 4. The van der Waals surface area contributed by atoms with Crippen LogP contribution in [0.25, 0.3) is 0 Å². The average Bonchev–Trinajstić information content (AvgIpc) is 2.56. The number of hydrogen-bond donors (Lipinski definition) is 2. The van der Waals surface area contributed by atoms with Gasteiger partial charge in [0, 0.05) is 32.2 Å². The monoisotopic (exact) mass is 371 g/mol. The van der Waals surface area contributed by atoms with Gasteiger partial charge < -0.3 is 10.2 Å². The Morgan fingerprint density at radius 1 is 1.11 bits per heavy atom. The first-order chi connectivity index (χ1) is 12.8. The van der Waals surface area contributed by atoms with Crippen LogP contribution in [0.3, 0.4) is 0 Å². The summed E-state index contributed by atoms with van der Waals surface area (Å²) in [6.45, 7) is 4.48. The highest BCUT2D eigenvalue weighted by molar-refractivity contribution is 6.23. The third kappa shape index (κ3) is 6.66. The van der Waals surface area contributed by atoms with Crippen LogP contribution in [0.1, 0.15) is 57.9 Å². The molecule has 5 heteroatoms. The molecule has 0 bridgehead atoms. The molecule has 146 valence electrons. The van der Waals surface area contributed by atoms with Gasteiger partial charge in [-0.2, -0.15) is 0 Å². The number of benzene rings is 1. The zero-order chi connectivity index (χ0) is 19.9. The lowest BCUT2D eigenvalue weighted by Crippen LogP contribution is -2.30. The third-order valence-electron chi connectivity index (χ3n) is 4.71. The Labute approximate surface area is 160 Å². The molecule has 1 aromatic carbocycles. The van der Waals surface area contributed by atoms with Crippen LogP contribution in [-0.2, 0) is 16.0 Å². The summed E-state index contributed by atoms with van der Waals surface area (Å²) in [6, 6.07) is 9.79. The number of carboxylic acids is 1. The molecule has 0 fully saturated rings. The molecule has 0 spiro atoms. The van der Waals surface area contributed by atoms with E-state index in [9.17, 15) is 14.7 Å². The van der Waals surface area contributed by atoms with Gasteiger partial charge >= 0.3 is 5.97 Å². The minimum absolute atomic E-state index is 0.0516. The van der Waals surface area contributed by atoms with Crippen LogP contribution in [0.2, 0.25) is 0 Å². The predicted molar refractivity (Wildman–Crippen MR) is 106 cm³/mol. The van der Waals surface area contributed by atoms with Gasteiger partial charge in [0.25, 0.3) is 0 Å². The zero-order valence-electron chi connectivity index (χ0n) is 16.2. The van der Waals surface area contributed by atoms with E-state index in [0.717, 1.165) is 18.4 Å². The molecule has 2 rings (SSSR count). The largest absolute Gasteiger partial charge is 0.511 e. The van der Waals surface area contributed by atoms with Gasteiger partial charge in [0.1, 0.15) is 5.76 Å². The van der Waals surface area contributed by atoms with E-state index in [4.69, 9.17) is 5.11 Å². The second kappa shape index (κ2) is 9.49. The number of allylic oxidation sites excluding steroid dienone is 2. The van der Waals surface area contributed by atoms with Crippen molar-refractivity contribution >= 4 is 17.5 Å². The van der Waals surface area contributed by atoms with E-state index >= 15 is 0 Å². The second-order valence-corrected chi connectivity index (χ2v) is 7.96. The Morgan fingerprint density at radius 3 is 2.44 bits per heavy atom. The summed E-state index contributed by atoms with van der Waals surface area (Å²) in [5, 5.41) is 19.2. The number of Topliss-reactive ketones (excluding diaryl/α,β-unsaturated/α-hetero) is 1. The summed E-state index contributed by atoms with van der Waals surface area (Å²) >= 11 is 0. The molecule has 1 aliphatic carbocycles. The Balaban J connectivity index is 2.16. The van der Waals surface area contributed by atoms with Crippen LogP contribution in [-0.4, -0.2) is 34.2 Å². The summed E-state index contributed by atoms with van der Waals surface area (Å²) in [4.78, 5) is 27.9. The molecule has 0 heterocycles. The number of carboxylic acid groups (broad SMARTS) is 1. The van der Waals surface area contributed by atoms with Gasteiger partial charge in [0.05, 0.1) is 11.3 Å². The lowest BCUT2D eigenvalue weighted by atomic mass is 9.75. The van der Waals surface area contributed by atoms with E-state index in [1.165, 1.54) is 0 Å². The summed E-state index contributed by atoms with van der Waals surface area (Å²) in [5.41, 5.74) is 1.82. The molecule has 2 N–H and O–H groups in total. The number of rotatable bonds is 9. The fraction of sp³-hybridized carbons (Fsp3) is 0.500. The first-order valence-corrected chi connectivity index (χ1v) is 9.53. The first-order valence-electron chi connectivity index (χ1n) is 9.53. The van der Waals surface area contributed by atoms with Crippen molar-refractivity contribution in [3.8, 4) is 0 Å². The predicted octanol–water partition coefficient (Wildman–Crippen LogP) is 4.52. The number of carbonyl (C=O) groups is 2. The van der Waals surface area contributed by atoms with Crippen molar-refractivity contribution in [2.75, 3.05) is 6.54 Å². The molecular weight excluding hydrogens is 342 g/mol. The van der Waals surface area contributed by atoms with Crippen LogP contribution >= 0.6 is 0 Å². The highest BCUT2D eigenvalue weighted by atomic mass is 16.4. The van der Waals surface area contributed by atoms with Gasteiger partial charge in [-0.3, -0.25) is 14.6 Å². The zero-order valence-corrected chi connectivity index (χ0v) is 16.2. The van der Waals surface area contributed by atoms with E-state index in [1.807, 2.05) is 44.2 Å². The second-order valence-electron chi connectivity index (χ2n) is 7.96. The molecule has 0 amide bonds. The van der Waals surface area contributed by atoms with Gasteiger partial charge in [-0.05, 0) is 23.8 Å². The number of carbonyl (C=O) groups excluding carboxylic acids is 1. The van der Waals surface area contributed by atoms with Crippen LogP contribution in [0, 0.1) is 5.41 Å². The van der Waals surface area contributed by atoms with Crippen molar-refractivity contribution < 1.29 is 19.8 Å². The molecule has 27 heavy (non-hydrogen) atoms. The van der Waals surface area contributed by atoms with Gasteiger partial charge in [-0.15, -0.1) is 0 Å². The SMILES string of the molecule is CC1(C)CC(=O)C(C(Cc2ccccc2)=NCCCCCC(=O)O)=C(O)C1. The average molecular weight is 371 g/mol. The molecule has 0 saturated heterocycles. The normalized spacial score (nSPS) is 17.3. The van der Waals surface area contributed by atoms with Gasteiger partial charge in [-0.1, -0.05) is 50.6 Å². The van der Waals surface area contributed by atoms with Crippen LogP contribution in [0.15, 0.2) is 46.7 Å². The Hall–Kier alpha value is -2.43. The fourth-order valence-electron chi connectivity index (χ4n) is 3.41. The van der Waals surface area contributed by atoms with Crippen molar-refractivity contribution in [1.29, 1.82) is 0 Å². The summed E-state index contributed by atoms with van der Waals surface area (Å²) in [7, 11) is 0. The molecule has 0 aliphatic heterocycles. The summed E-state index contributed by atoms with van der Waals surface area (Å²) in [5.74, 6) is -0.699. The smallest absolute Gasteiger partial charge is 0.303 e. The minimum atomic E-state index is -0.784. The minimum Gasteiger partial charge on any atom is -0.511 e. The molecule has 0 saturated carbocycles. The Kier molecular flexibility index (Phi) is 7.34. The number of aliphatic hydroxyl groups is 1. The standard InChI is InChI=1S/C22H29NO4/c1-22(2)14-18(24)21(19(25)15-22)17(13-16-9-5-3-6-10-16)23-12-8-4-7-11-20(26)27/h3,5-6,9-10,24H,4,7-8,11-15H2,1-2H3,(H,26,27). The van der Waals surface area contributed by atoms with Gasteiger partial charge in [0.2, 0.25) is 0 Å². The van der Waals surface area contributed by atoms with Crippen LogP contribution in [0.5, 0.6) is 0 Å². The number of aliphatic hydroxyl groups excluding tert-OH is 1. The maximum absolute atomic E-state index is 12.7. The number of unbranched alkanes of at least 4 members (excludes halogenated alkanes) is 2. The Bertz CT molecular complexity index is 732. The number of aliphatic imine (C=N–C) groups is 1. The van der Waals surface area contributed by atoms with Crippen molar-refractivity contribution in [2.45, 2.75) is 58.8 Å². The van der Waals surface area contributed by atoms with Crippen molar-refractivity contribution in [3.05, 3.63) is 47.2 Å². The first kappa shape index (κ1) is 20.9. The highest BCUT2D eigenvalue weighted by Crippen LogP contribution is 2.36. The van der Waals surface area contributed by atoms with Crippen molar-refractivity contribution in [3.63, 3.8) is 0 Å². The molecule has 0 unspecified atom stereocenters. The summed E-state index contributed by atoms with van der Waals surface area (Å²) < 4.78 is 0. The number of nitrogens with zero attached hydrogens (tertiary/aromatic N) is 1. The lowest BCUT2D eigenvalue weighted by Gasteiger charge is -2.30. The topological polar surface area (TPSA) is 87.0 Å². The lowest BCUT2D eigenvalue weighted by molar-refractivity contribution is -0.137. The molecule has 1 aromatic rings. The number of ketones is 1. The van der Waals surface area contributed by atoms with E-state index in [0.29, 0.717) is 43.5 Å². The maximum Gasteiger partial charge on any atom is 0.303 e. The third-order valence-corrected chi connectivity index (χ3v) is 4.71. The molecule has 0 radical (unpaired) electrons. The van der Waals surface area contributed by atoms with Gasteiger partial charge in [0.15, 0.2) is 5.78 Å². The molecule has 0 atom stereocenters. The maximum atomic E-state index is 12.7. The molecular formula is C22H29NO4. The molecule has 5 nitrogen and oxygen atoms in total.